The van der Waals surface area contributed by atoms with Gasteiger partial charge in [0.15, 0.2) is 5.78 Å². The molecule has 0 spiro atoms. The molecule has 0 amide bonds. The molecule has 25 heavy (non-hydrogen) atoms. The van der Waals surface area contributed by atoms with Crippen molar-refractivity contribution in [2.75, 3.05) is 0 Å². The fraction of sp³-hybridized carbons (Fsp3) is 0.773. The highest BCUT2D eigenvalue weighted by molar-refractivity contribution is 5.93. The molecular weight excluding hydrogens is 308 g/mol. The Labute approximate surface area is 155 Å². The van der Waals surface area contributed by atoms with Crippen molar-refractivity contribution in [2.24, 2.45) is 0 Å². The van der Waals surface area contributed by atoms with E-state index in [2.05, 4.69) is 17.1 Å². The maximum Gasteiger partial charge on any atom is 0.183 e. The van der Waals surface area contributed by atoms with E-state index in [4.69, 9.17) is 0 Å². The van der Waals surface area contributed by atoms with E-state index in [1.54, 1.807) is 18.3 Å². The highest BCUT2D eigenvalue weighted by Gasteiger charge is 2.06. The Morgan fingerprint density at radius 2 is 1.24 bits per heavy atom. The highest BCUT2D eigenvalue weighted by atomic mass is 16.1. The van der Waals surface area contributed by atoms with Crippen LogP contribution in [0.3, 0.4) is 0 Å². The predicted octanol–water partition coefficient (Wildman–Crippen LogP) is 6.92. The lowest BCUT2D eigenvalue weighted by molar-refractivity contribution is 0.0973. The van der Waals surface area contributed by atoms with Crippen molar-refractivity contribution in [3.05, 3.63) is 24.0 Å². The minimum atomic E-state index is 0.128. The highest BCUT2D eigenvalue weighted by Crippen LogP contribution is 2.14. The lowest BCUT2D eigenvalue weighted by atomic mass is 10.0. The van der Waals surface area contributed by atoms with Crippen LogP contribution in [0.4, 0.5) is 0 Å². The third kappa shape index (κ3) is 12.7. The minimum absolute atomic E-state index is 0.128. The number of Topliss-reactive ketones (excluding diaryl/α,β-unsaturated/α-hetero) is 1. The average molecular weight is 347 g/mol. The number of hydrogen-bond acceptors (Lipinski definition) is 3. The summed E-state index contributed by atoms with van der Waals surface area (Å²) >= 11 is 0. The van der Waals surface area contributed by atoms with Gasteiger partial charge in [0.1, 0.15) is 5.69 Å². The molecule has 1 heterocycles. The number of hydrogen-bond donors (Lipinski definition) is 0. The first-order valence-electron chi connectivity index (χ1n) is 10.7. The molecule has 0 fully saturated rings. The third-order valence-electron chi connectivity index (χ3n) is 4.87. The van der Waals surface area contributed by atoms with Crippen molar-refractivity contribution in [3.8, 4) is 0 Å². The standard InChI is InChI=1S/C22H38N2O/c1-2-3-4-5-6-7-8-9-10-11-12-13-14-15-16-19-22(25)21-18-17-20-23-24-21/h17-18,20H,2-16,19H2,1H3. The summed E-state index contributed by atoms with van der Waals surface area (Å²) in [5.74, 6) is 0.128. The van der Waals surface area contributed by atoms with Gasteiger partial charge in [-0.15, -0.1) is 5.10 Å². The second-order valence-electron chi connectivity index (χ2n) is 7.23. The maximum absolute atomic E-state index is 11.9. The van der Waals surface area contributed by atoms with Crippen LogP contribution in [-0.4, -0.2) is 16.0 Å². The average Bonchev–Trinajstić information content (AvgIpc) is 2.65. The Morgan fingerprint density at radius 3 is 1.68 bits per heavy atom. The molecule has 0 radical (unpaired) electrons. The molecule has 0 aliphatic rings. The SMILES string of the molecule is CCCCCCCCCCCCCCCCCC(=O)c1cccnn1. The van der Waals surface area contributed by atoms with Crippen LogP contribution < -0.4 is 0 Å². The van der Waals surface area contributed by atoms with Crippen LogP contribution in [0.15, 0.2) is 18.3 Å². The first-order chi connectivity index (χ1) is 12.3. The summed E-state index contributed by atoms with van der Waals surface area (Å²) in [4.78, 5) is 11.9. The fourth-order valence-electron chi connectivity index (χ4n) is 3.24. The first-order valence-corrected chi connectivity index (χ1v) is 10.7. The van der Waals surface area contributed by atoms with E-state index >= 15 is 0 Å². The van der Waals surface area contributed by atoms with Crippen LogP contribution in [-0.2, 0) is 0 Å². The molecule has 1 rings (SSSR count). The first kappa shape index (κ1) is 21.8. The zero-order valence-electron chi connectivity index (χ0n) is 16.3. The lowest BCUT2D eigenvalue weighted by Gasteiger charge is -2.03. The van der Waals surface area contributed by atoms with Gasteiger partial charge >= 0.3 is 0 Å². The fourth-order valence-corrected chi connectivity index (χ4v) is 3.24. The second-order valence-corrected chi connectivity index (χ2v) is 7.23. The molecule has 0 aromatic carbocycles. The van der Waals surface area contributed by atoms with Crippen LogP contribution in [0.2, 0.25) is 0 Å². The number of carbonyl (C=O) groups is 1. The molecule has 0 bridgehead atoms. The molecule has 0 saturated carbocycles. The van der Waals surface area contributed by atoms with Gasteiger partial charge in [0, 0.05) is 12.6 Å². The predicted molar refractivity (Wildman–Crippen MR) is 106 cm³/mol. The van der Waals surface area contributed by atoms with Crippen molar-refractivity contribution >= 4 is 5.78 Å². The van der Waals surface area contributed by atoms with Crippen molar-refractivity contribution in [2.45, 2.75) is 110 Å². The summed E-state index contributed by atoms with van der Waals surface area (Å²) < 4.78 is 0. The van der Waals surface area contributed by atoms with Gasteiger partial charge in [0.05, 0.1) is 0 Å². The van der Waals surface area contributed by atoms with Gasteiger partial charge in [-0.05, 0) is 18.6 Å². The van der Waals surface area contributed by atoms with Crippen molar-refractivity contribution in [1.82, 2.24) is 10.2 Å². The summed E-state index contributed by atoms with van der Waals surface area (Å²) in [6.07, 6.45) is 22.4. The minimum Gasteiger partial charge on any atom is -0.292 e. The van der Waals surface area contributed by atoms with E-state index in [1.165, 1.54) is 83.5 Å². The van der Waals surface area contributed by atoms with Gasteiger partial charge < -0.3 is 0 Å². The summed E-state index contributed by atoms with van der Waals surface area (Å²) in [5, 5.41) is 7.62. The summed E-state index contributed by atoms with van der Waals surface area (Å²) in [6.45, 7) is 2.28. The Hall–Kier alpha value is -1.25. The molecule has 0 aliphatic heterocycles. The van der Waals surface area contributed by atoms with Gasteiger partial charge in [0.2, 0.25) is 0 Å². The topological polar surface area (TPSA) is 42.9 Å². The van der Waals surface area contributed by atoms with Crippen LogP contribution in [0, 0.1) is 0 Å². The number of rotatable bonds is 17. The molecule has 1 aromatic rings. The normalized spacial score (nSPS) is 10.9. The molecule has 0 aliphatic carbocycles. The van der Waals surface area contributed by atoms with E-state index in [-0.39, 0.29) is 5.78 Å². The molecular formula is C22H38N2O. The second kappa shape index (κ2) is 16.2. The number of carbonyl (C=O) groups excluding carboxylic acids is 1. The zero-order valence-corrected chi connectivity index (χ0v) is 16.3. The van der Waals surface area contributed by atoms with Crippen LogP contribution in [0.1, 0.15) is 120 Å². The molecule has 3 heteroatoms. The Morgan fingerprint density at radius 1 is 0.760 bits per heavy atom. The van der Waals surface area contributed by atoms with Crippen LogP contribution >= 0.6 is 0 Å². The van der Waals surface area contributed by atoms with Gasteiger partial charge in [0.25, 0.3) is 0 Å². The van der Waals surface area contributed by atoms with Crippen molar-refractivity contribution in [1.29, 1.82) is 0 Å². The molecule has 142 valence electrons. The summed E-state index contributed by atoms with van der Waals surface area (Å²) in [7, 11) is 0. The van der Waals surface area contributed by atoms with Crippen molar-refractivity contribution < 1.29 is 4.79 Å². The summed E-state index contributed by atoms with van der Waals surface area (Å²) in [5.41, 5.74) is 0.507. The Kier molecular flexibility index (Phi) is 14.1. The quantitative estimate of drug-likeness (QED) is 0.227. The van der Waals surface area contributed by atoms with Gasteiger partial charge in [-0.1, -0.05) is 96.8 Å². The largest absolute Gasteiger partial charge is 0.292 e. The van der Waals surface area contributed by atoms with E-state index < -0.39 is 0 Å². The molecule has 0 saturated heterocycles. The van der Waals surface area contributed by atoms with E-state index in [0.29, 0.717) is 12.1 Å². The maximum atomic E-state index is 11.9. The van der Waals surface area contributed by atoms with E-state index in [0.717, 1.165) is 12.8 Å². The Bertz CT molecular complexity index is 419. The number of unbranched alkanes of at least 4 members (excludes halogenated alkanes) is 14. The smallest absolute Gasteiger partial charge is 0.183 e. The van der Waals surface area contributed by atoms with Crippen LogP contribution in [0.5, 0.6) is 0 Å². The molecule has 1 aromatic heterocycles. The number of ketones is 1. The van der Waals surface area contributed by atoms with E-state index in [9.17, 15) is 4.79 Å². The molecule has 0 atom stereocenters. The summed E-state index contributed by atoms with van der Waals surface area (Å²) in [6, 6.07) is 3.52. The zero-order chi connectivity index (χ0) is 18.0. The monoisotopic (exact) mass is 346 g/mol. The van der Waals surface area contributed by atoms with E-state index in [1.807, 2.05) is 0 Å². The van der Waals surface area contributed by atoms with Gasteiger partial charge in [-0.2, -0.15) is 5.10 Å². The molecule has 0 N–H and O–H groups in total. The lowest BCUT2D eigenvalue weighted by Crippen LogP contribution is -2.02. The van der Waals surface area contributed by atoms with Crippen molar-refractivity contribution in [3.63, 3.8) is 0 Å². The van der Waals surface area contributed by atoms with Gasteiger partial charge in [-0.25, -0.2) is 0 Å². The third-order valence-corrected chi connectivity index (χ3v) is 4.87. The molecule has 0 unspecified atom stereocenters. The Balaban J connectivity index is 1.78. The number of nitrogens with zero attached hydrogens (tertiary/aromatic N) is 2. The molecule has 3 nitrogen and oxygen atoms in total. The number of aromatic nitrogens is 2. The van der Waals surface area contributed by atoms with Gasteiger partial charge in [-0.3, -0.25) is 4.79 Å². The van der Waals surface area contributed by atoms with Crippen LogP contribution in [0.25, 0.3) is 0 Å².